The highest BCUT2D eigenvalue weighted by atomic mass is 32.2. The molecule has 0 spiro atoms. The van der Waals surface area contributed by atoms with Gasteiger partial charge in [0, 0.05) is 30.6 Å². The zero-order chi connectivity index (χ0) is 29.7. The highest BCUT2D eigenvalue weighted by Gasteiger charge is 2.36. The second kappa shape index (κ2) is 13.1. The van der Waals surface area contributed by atoms with Crippen LogP contribution >= 0.6 is 0 Å². The van der Waals surface area contributed by atoms with Gasteiger partial charge in [-0.2, -0.15) is 17.5 Å². The molecule has 0 bridgehead atoms. The Morgan fingerprint density at radius 1 is 0.929 bits per heavy atom. The average molecular weight is 603 g/mol. The van der Waals surface area contributed by atoms with Gasteiger partial charge in [0.2, 0.25) is 10.0 Å². The summed E-state index contributed by atoms with van der Waals surface area (Å²) in [6.45, 7) is 3.88. The fourth-order valence-electron chi connectivity index (χ4n) is 6.01. The van der Waals surface area contributed by atoms with Crippen LogP contribution in [0.25, 0.3) is 0 Å². The number of carbonyl (C=O) groups excluding carboxylic acids is 1. The number of hydrogen-bond donors (Lipinski definition) is 0. The highest BCUT2D eigenvalue weighted by Crippen LogP contribution is 2.36. The van der Waals surface area contributed by atoms with E-state index in [1.165, 1.54) is 59.8 Å². The van der Waals surface area contributed by atoms with Crippen LogP contribution in [0, 0.1) is 0 Å². The number of ketones is 1. The van der Waals surface area contributed by atoms with Gasteiger partial charge in [-0.05, 0) is 87.2 Å². The van der Waals surface area contributed by atoms with Crippen LogP contribution in [0.3, 0.4) is 0 Å². The Labute approximate surface area is 245 Å². The molecule has 3 aliphatic rings. The molecule has 0 saturated carbocycles. The van der Waals surface area contributed by atoms with Crippen molar-refractivity contribution >= 4 is 15.8 Å². The number of benzene rings is 2. The lowest BCUT2D eigenvalue weighted by molar-refractivity contribution is -0.137. The van der Waals surface area contributed by atoms with Crippen molar-refractivity contribution in [1.29, 1.82) is 0 Å². The van der Waals surface area contributed by atoms with Gasteiger partial charge < -0.3 is 4.74 Å². The Balaban J connectivity index is 1.22. The largest absolute Gasteiger partial charge is 0.493 e. The minimum Gasteiger partial charge on any atom is -0.493 e. The first-order chi connectivity index (χ1) is 20.1. The number of rotatable bonds is 8. The number of likely N-dealkylation sites (tertiary alicyclic amines) is 1. The van der Waals surface area contributed by atoms with Crippen LogP contribution in [-0.4, -0.2) is 55.7 Å². The van der Waals surface area contributed by atoms with Gasteiger partial charge in [0.05, 0.1) is 17.1 Å². The number of halogens is 3. The molecular formula is C32H37F3N2O4S. The first kappa shape index (κ1) is 30.5. The molecule has 2 atom stereocenters. The number of fused-ring (bicyclic) bond motifs is 1. The molecule has 42 heavy (non-hydrogen) atoms. The molecule has 0 aliphatic carbocycles. The maximum absolute atomic E-state index is 13.2. The molecule has 3 heterocycles. The monoisotopic (exact) mass is 602 g/mol. The van der Waals surface area contributed by atoms with Gasteiger partial charge in [-0.15, -0.1) is 0 Å². The summed E-state index contributed by atoms with van der Waals surface area (Å²) in [6.07, 6.45) is 8.47. The molecule has 6 nitrogen and oxygen atoms in total. The lowest BCUT2D eigenvalue weighted by Crippen LogP contribution is -2.34. The van der Waals surface area contributed by atoms with Gasteiger partial charge in [-0.1, -0.05) is 43.2 Å². The van der Waals surface area contributed by atoms with E-state index >= 15 is 0 Å². The lowest BCUT2D eigenvalue weighted by Gasteiger charge is -2.25. The molecule has 10 heteroatoms. The van der Waals surface area contributed by atoms with Crippen LogP contribution in [0.5, 0.6) is 5.75 Å². The minimum absolute atomic E-state index is 0.0302. The van der Waals surface area contributed by atoms with Gasteiger partial charge in [0.15, 0.2) is 5.78 Å². The Bertz CT molecular complexity index is 1430. The van der Waals surface area contributed by atoms with E-state index in [0.717, 1.165) is 49.5 Å². The molecule has 5 rings (SSSR count). The fourth-order valence-corrected chi connectivity index (χ4v) is 7.71. The standard InChI is InChI=1S/C32H37F3N2O4S/c33-32(34,35)26-7-5-9-29(22-26)42(39,40)37-19-6-8-27(37)12-14-28(38)13-11-25-16-20-41-31-21-24(10-15-30(25)31)23-36-17-3-1-2-4-18-36/h5,7,9-15,21-22,25,27H,1-4,6,8,16-20,23H2/b13-11+,14-12+. The van der Waals surface area contributed by atoms with E-state index in [2.05, 4.69) is 23.1 Å². The molecule has 2 fully saturated rings. The van der Waals surface area contributed by atoms with Gasteiger partial charge in [0.25, 0.3) is 0 Å². The Morgan fingerprint density at radius 2 is 1.69 bits per heavy atom. The van der Waals surface area contributed by atoms with Gasteiger partial charge in [-0.25, -0.2) is 8.42 Å². The number of sulfonamides is 1. The van der Waals surface area contributed by atoms with Crippen LogP contribution in [0.1, 0.15) is 67.6 Å². The smallest absolute Gasteiger partial charge is 0.416 e. The van der Waals surface area contributed by atoms with Crippen LogP contribution in [-0.2, 0) is 27.5 Å². The van der Waals surface area contributed by atoms with Crippen LogP contribution in [0.4, 0.5) is 13.2 Å². The minimum atomic E-state index is -4.64. The Kier molecular flexibility index (Phi) is 9.54. The summed E-state index contributed by atoms with van der Waals surface area (Å²) in [7, 11) is -4.16. The molecule has 2 saturated heterocycles. The number of ether oxygens (including phenoxy) is 1. The summed E-state index contributed by atoms with van der Waals surface area (Å²) in [4.78, 5) is 14.8. The summed E-state index contributed by atoms with van der Waals surface area (Å²) >= 11 is 0. The molecule has 0 aromatic heterocycles. The third kappa shape index (κ3) is 7.33. The molecule has 2 unspecified atom stereocenters. The van der Waals surface area contributed by atoms with Crippen LogP contribution in [0.2, 0.25) is 0 Å². The molecule has 3 aliphatic heterocycles. The molecule has 226 valence electrons. The first-order valence-corrected chi connectivity index (χ1v) is 16.1. The van der Waals surface area contributed by atoms with Gasteiger partial charge in [-0.3, -0.25) is 9.69 Å². The van der Waals surface area contributed by atoms with E-state index in [-0.39, 0.29) is 18.2 Å². The summed E-state index contributed by atoms with van der Waals surface area (Å²) < 4.78 is 73.0. The molecule has 2 aromatic carbocycles. The quantitative estimate of drug-likeness (QED) is 0.324. The van der Waals surface area contributed by atoms with Crippen molar-refractivity contribution in [2.24, 2.45) is 0 Å². The van der Waals surface area contributed by atoms with Crippen molar-refractivity contribution < 1.29 is 31.1 Å². The molecule has 0 amide bonds. The third-order valence-electron chi connectivity index (χ3n) is 8.26. The van der Waals surface area contributed by atoms with Crippen molar-refractivity contribution in [3.63, 3.8) is 0 Å². The van der Waals surface area contributed by atoms with Gasteiger partial charge >= 0.3 is 6.18 Å². The fraction of sp³-hybridized carbons (Fsp3) is 0.469. The zero-order valence-electron chi connectivity index (χ0n) is 23.6. The molecule has 2 aromatic rings. The van der Waals surface area contributed by atoms with Crippen molar-refractivity contribution in [3.8, 4) is 5.75 Å². The summed E-state index contributed by atoms with van der Waals surface area (Å²) in [6, 6.07) is 9.50. The van der Waals surface area contributed by atoms with Crippen molar-refractivity contribution in [3.05, 3.63) is 83.5 Å². The van der Waals surface area contributed by atoms with Crippen LogP contribution < -0.4 is 4.74 Å². The Hall–Kier alpha value is -2.95. The number of nitrogens with zero attached hydrogens (tertiary/aromatic N) is 2. The van der Waals surface area contributed by atoms with E-state index in [1.54, 1.807) is 0 Å². The summed E-state index contributed by atoms with van der Waals surface area (Å²) in [5.74, 6) is 0.611. The number of alkyl halides is 3. The predicted molar refractivity (Wildman–Crippen MR) is 155 cm³/mol. The average Bonchev–Trinajstić information content (AvgIpc) is 3.31. The second-order valence-corrected chi connectivity index (χ2v) is 13.2. The summed E-state index contributed by atoms with van der Waals surface area (Å²) in [5.41, 5.74) is 1.25. The molecule has 0 radical (unpaired) electrons. The van der Waals surface area contributed by atoms with Crippen LogP contribution in [0.15, 0.2) is 71.7 Å². The number of carbonyl (C=O) groups is 1. The van der Waals surface area contributed by atoms with E-state index in [0.29, 0.717) is 25.5 Å². The van der Waals surface area contributed by atoms with Crippen molar-refractivity contribution in [2.75, 3.05) is 26.2 Å². The van der Waals surface area contributed by atoms with Crippen molar-refractivity contribution in [2.45, 2.75) is 74.5 Å². The maximum Gasteiger partial charge on any atom is 0.416 e. The van der Waals surface area contributed by atoms with Gasteiger partial charge in [0.1, 0.15) is 5.75 Å². The maximum atomic E-state index is 13.2. The first-order valence-electron chi connectivity index (χ1n) is 14.7. The van der Waals surface area contributed by atoms with E-state index in [1.807, 2.05) is 6.08 Å². The zero-order valence-corrected chi connectivity index (χ0v) is 24.4. The number of hydrogen-bond acceptors (Lipinski definition) is 5. The van der Waals surface area contributed by atoms with Crippen molar-refractivity contribution in [1.82, 2.24) is 9.21 Å². The third-order valence-corrected chi connectivity index (χ3v) is 10.2. The predicted octanol–water partition coefficient (Wildman–Crippen LogP) is 6.48. The van der Waals surface area contributed by atoms with E-state index in [4.69, 9.17) is 4.74 Å². The van der Waals surface area contributed by atoms with E-state index < -0.39 is 32.7 Å². The van der Waals surface area contributed by atoms with E-state index in [9.17, 15) is 26.4 Å². The number of allylic oxidation sites excluding steroid dienone is 3. The second-order valence-electron chi connectivity index (χ2n) is 11.3. The highest BCUT2D eigenvalue weighted by molar-refractivity contribution is 7.89. The molecule has 0 N–H and O–H groups in total. The Morgan fingerprint density at radius 3 is 2.45 bits per heavy atom. The normalized spacial score (nSPS) is 22.7. The lowest BCUT2D eigenvalue weighted by atomic mass is 9.91. The topological polar surface area (TPSA) is 66.9 Å². The SMILES string of the molecule is O=C(/C=C/C1CCOc2cc(CN3CCCCCC3)ccc21)/C=C/C1CCCN1S(=O)(=O)c1cccc(C(F)(F)F)c1. The molecular weight excluding hydrogens is 565 g/mol. The summed E-state index contributed by atoms with van der Waals surface area (Å²) in [5, 5.41) is 0.